The van der Waals surface area contributed by atoms with Crippen molar-refractivity contribution < 1.29 is 18.4 Å². The summed E-state index contributed by atoms with van der Waals surface area (Å²) in [4.78, 5) is 25.8. The molecule has 5 nitrogen and oxygen atoms in total. The van der Waals surface area contributed by atoms with Crippen LogP contribution in [0.3, 0.4) is 0 Å². The maximum atomic E-state index is 13.3. The molecule has 0 saturated heterocycles. The van der Waals surface area contributed by atoms with E-state index in [4.69, 9.17) is 0 Å². The number of hydrogen-bond acceptors (Lipinski definition) is 3. The second kappa shape index (κ2) is 6.51. The first-order valence-corrected chi connectivity index (χ1v) is 7.76. The number of benzene rings is 2. The van der Waals surface area contributed by atoms with Crippen LogP contribution in [-0.4, -0.2) is 25.4 Å². The van der Waals surface area contributed by atoms with Crippen molar-refractivity contribution in [1.82, 2.24) is 5.32 Å². The van der Waals surface area contributed by atoms with Crippen molar-refractivity contribution in [2.75, 3.05) is 23.8 Å². The van der Waals surface area contributed by atoms with Gasteiger partial charge in [0.15, 0.2) is 11.6 Å². The van der Waals surface area contributed by atoms with Gasteiger partial charge in [0.2, 0.25) is 5.91 Å². The Bertz CT molecular complexity index is 854. The monoisotopic (exact) mass is 345 g/mol. The highest BCUT2D eigenvalue weighted by molar-refractivity contribution is 6.03. The van der Waals surface area contributed by atoms with E-state index in [0.29, 0.717) is 16.8 Å². The molecule has 1 aliphatic heterocycles. The van der Waals surface area contributed by atoms with E-state index in [1.807, 2.05) is 0 Å². The van der Waals surface area contributed by atoms with Crippen molar-refractivity contribution in [3.63, 3.8) is 0 Å². The Morgan fingerprint density at radius 1 is 1.20 bits per heavy atom. The van der Waals surface area contributed by atoms with E-state index in [-0.39, 0.29) is 18.4 Å². The molecule has 0 fully saturated rings. The van der Waals surface area contributed by atoms with Crippen LogP contribution in [0.1, 0.15) is 28.9 Å². The maximum absolute atomic E-state index is 13.3. The molecule has 2 aromatic carbocycles. The molecule has 1 atom stereocenters. The smallest absolute Gasteiger partial charge is 0.251 e. The van der Waals surface area contributed by atoms with Crippen LogP contribution in [0.2, 0.25) is 0 Å². The molecule has 0 bridgehead atoms. The Labute approximate surface area is 143 Å². The summed E-state index contributed by atoms with van der Waals surface area (Å²) in [6, 6.07) is 8.00. The molecule has 1 unspecified atom stereocenters. The van der Waals surface area contributed by atoms with Crippen LogP contribution >= 0.6 is 0 Å². The molecule has 2 aromatic rings. The largest absolute Gasteiger partial charge is 0.364 e. The fourth-order valence-electron chi connectivity index (χ4n) is 2.75. The number of anilines is 2. The van der Waals surface area contributed by atoms with E-state index in [9.17, 15) is 18.4 Å². The third-order valence-electron chi connectivity index (χ3n) is 4.12. The molecule has 1 heterocycles. The van der Waals surface area contributed by atoms with Crippen molar-refractivity contribution in [3.8, 4) is 0 Å². The van der Waals surface area contributed by atoms with Gasteiger partial charge in [0.25, 0.3) is 5.91 Å². The lowest BCUT2D eigenvalue weighted by Crippen LogP contribution is -2.35. The van der Waals surface area contributed by atoms with Crippen LogP contribution in [0.5, 0.6) is 0 Å². The highest BCUT2D eigenvalue weighted by atomic mass is 19.2. The molecule has 130 valence electrons. The quantitative estimate of drug-likeness (QED) is 0.899. The van der Waals surface area contributed by atoms with Gasteiger partial charge in [0.05, 0.1) is 24.0 Å². The highest BCUT2D eigenvalue weighted by Gasteiger charge is 2.21. The molecule has 0 aromatic heterocycles. The molecule has 0 saturated carbocycles. The van der Waals surface area contributed by atoms with E-state index in [1.165, 1.54) is 6.07 Å². The molecule has 0 radical (unpaired) electrons. The third-order valence-corrected chi connectivity index (χ3v) is 4.12. The minimum absolute atomic E-state index is 0.150. The van der Waals surface area contributed by atoms with E-state index in [1.54, 1.807) is 37.1 Å². The molecule has 1 aliphatic rings. The molecule has 3 rings (SSSR count). The van der Waals surface area contributed by atoms with Crippen LogP contribution in [0, 0.1) is 11.6 Å². The second-order valence-corrected chi connectivity index (χ2v) is 6.00. The summed E-state index contributed by atoms with van der Waals surface area (Å²) in [6.45, 7) is 1.93. The molecular weight excluding hydrogens is 328 g/mol. The Hall–Kier alpha value is -2.96. The van der Waals surface area contributed by atoms with Gasteiger partial charge < -0.3 is 15.5 Å². The molecule has 2 amide bonds. The number of hydrogen-bond donors (Lipinski definition) is 2. The molecule has 2 N–H and O–H groups in total. The van der Waals surface area contributed by atoms with Gasteiger partial charge in [-0.25, -0.2) is 8.78 Å². The summed E-state index contributed by atoms with van der Waals surface area (Å²) < 4.78 is 26.3. The fourth-order valence-corrected chi connectivity index (χ4v) is 2.75. The summed E-state index contributed by atoms with van der Waals surface area (Å²) in [6.07, 6.45) is 0. The Kier molecular flexibility index (Phi) is 4.39. The Morgan fingerprint density at radius 2 is 1.96 bits per heavy atom. The summed E-state index contributed by atoms with van der Waals surface area (Å²) in [7, 11) is 1.79. The van der Waals surface area contributed by atoms with Crippen LogP contribution in [0.15, 0.2) is 36.4 Å². The lowest BCUT2D eigenvalue weighted by molar-refractivity contribution is -0.115. The number of likely N-dealkylation sites (N-methyl/N-ethyl adjacent to an activating group) is 1. The summed E-state index contributed by atoms with van der Waals surface area (Å²) in [5, 5.41) is 5.47. The average Bonchev–Trinajstić information content (AvgIpc) is 2.56. The lowest BCUT2D eigenvalue weighted by atomic mass is 10.1. The Balaban J connectivity index is 1.78. The van der Waals surface area contributed by atoms with Crippen molar-refractivity contribution in [2.45, 2.75) is 13.0 Å². The number of rotatable bonds is 3. The zero-order chi connectivity index (χ0) is 18.1. The van der Waals surface area contributed by atoms with Gasteiger partial charge in [0.1, 0.15) is 0 Å². The maximum Gasteiger partial charge on any atom is 0.251 e. The summed E-state index contributed by atoms with van der Waals surface area (Å²) >= 11 is 0. The number of fused-ring (bicyclic) bond motifs is 1. The van der Waals surface area contributed by atoms with Gasteiger partial charge in [-0.1, -0.05) is 6.07 Å². The molecule has 25 heavy (non-hydrogen) atoms. The standard InChI is InChI=1S/C18H17F2N3O2/c1-10(11-3-5-13(19)14(20)7-11)21-18(25)12-4-6-16-15(8-12)22-17(24)9-23(16)2/h3-8,10H,9H2,1-2H3,(H,21,25)(H,22,24). The average molecular weight is 345 g/mol. The zero-order valence-electron chi connectivity index (χ0n) is 13.8. The Morgan fingerprint density at radius 3 is 2.68 bits per heavy atom. The highest BCUT2D eigenvalue weighted by Crippen LogP contribution is 2.29. The second-order valence-electron chi connectivity index (χ2n) is 6.00. The van der Waals surface area contributed by atoms with Crippen molar-refractivity contribution in [2.24, 2.45) is 0 Å². The predicted molar refractivity (Wildman–Crippen MR) is 90.6 cm³/mol. The lowest BCUT2D eigenvalue weighted by Gasteiger charge is -2.27. The topological polar surface area (TPSA) is 61.4 Å². The molecular formula is C18H17F2N3O2. The first-order chi connectivity index (χ1) is 11.8. The number of halogens is 2. The first kappa shape index (κ1) is 16.9. The van der Waals surface area contributed by atoms with Gasteiger partial charge in [-0.2, -0.15) is 0 Å². The minimum atomic E-state index is -0.960. The van der Waals surface area contributed by atoms with Crippen molar-refractivity contribution in [1.29, 1.82) is 0 Å². The van der Waals surface area contributed by atoms with Gasteiger partial charge in [0, 0.05) is 12.6 Å². The number of carbonyl (C=O) groups excluding carboxylic acids is 2. The fraction of sp³-hybridized carbons (Fsp3) is 0.222. The van der Waals surface area contributed by atoms with Crippen LogP contribution in [0.4, 0.5) is 20.2 Å². The van der Waals surface area contributed by atoms with Gasteiger partial charge in [-0.15, -0.1) is 0 Å². The van der Waals surface area contributed by atoms with E-state index in [0.717, 1.165) is 17.8 Å². The summed E-state index contributed by atoms with van der Waals surface area (Å²) in [5.41, 5.74) is 2.21. The normalized spacial score (nSPS) is 14.6. The van der Waals surface area contributed by atoms with E-state index >= 15 is 0 Å². The SMILES string of the molecule is CC(NC(=O)c1ccc2c(c1)NC(=O)CN2C)c1ccc(F)c(F)c1. The van der Waals surface area contributed by atoms with Crippen molar-refractivity contribution in [3.05, 3.63) is 59.2 Å². The first-order valence-electron chi connectivity index (χ1n) is 7.76. The molecule has 0 aliphatic carbocycles. The number of carbonyl (C=O) groups is 2. The van der Waals surface area contributed by atoms with Gasteiger partial charge in [-0.3, -0.25) is 9.59 Å². The predicted octanol–water partition coefficient (Wildman–Crippen LogP) is 2.84. The zero-order valence-corrected chi connectivity index (χ0v) is 13.8. The minimum Gasteiger partial charge on any atom is -0.364 e. The third kappa shape index (κ3) is 3.45. The molecule has 0 spiro atoms. The summed E-state index contributed by atoms with van der Waals surface area (Å²) in [5.74, 6) is -2.42. The molecule has 7 heteroatoms. The van der Waals surface area contributed by atoms with Crippen LogP contribution in [0.25, 0.3) is 0 Å². The number of nitrogens with zero attached hydrogens (tertiary/aromatic N) is 1. The van der Waals surface area contributed by atoms with Crippen LogP contribution in [-0.2, 0) is 4.79 Å². The van der Waals surface area contributed by atoms with Crippen LogP contribution < -0.4 is 15.5 Å². The van der Waals surface area contributed by atoms with Gasteiger partial charge >= 0.3 is 0 Å². The van der Waals surface area contributed by atoms with Crippen molar-refractivity contribution >= 4 is 23.2 Å². The van der Waals surface area contributed by atoms with E-state index in [2.05, 4.69) is 10.6 Å². The van der Waals surface area contributed by atoms with E-state index < -0.39 is 17.7 Å². The van der Waals surface area contributed by atoms with Gasteiger partial charge in [-0.05, 0) is 42.8 Å². The number of nitrogens with one attached hydrogen (secondary N) is 2. The number of amides is 2.